The summed E-state index contributed by atoms with van der Waals surface area (Å²) in [4.78, 5) is 10.0. The molecule has 0 amide bonds. The molecule has 11 aromatic carbocycles. The van der Waals surface area contributed by atoms with Crippen molar-refractivity contribution in [2.75, 3.05) is 9.80 Å². The normalized spacial score (nSPS) is 12.5. The number of para-hydroxylation sites is 3. The topological polar surface area (TPSA) is 33.5 Å². The van der Waals surface area contributed by atoms with E-state index in [0.29, 0.717) is 11.5 Å². The van der Waals surface area contributed by atoms with Crippen LogP contribution in [-0.4, -0.2) is 9.55 Å². The largest absolute Gasteiger partial charge is 0.509 e. The number of hydrogen-bond donors (Lipinski definition) is 0. The van der Waals surface area contributed by atoms with Gasteiger partial charge in [-0.1, -0.05) is 285 Å². The van der Waals surface area contributed by atoms with Gasteiger partial charge in [-0.2, -0.15) is 6.07 Å². The van der Waals surface area contributed by atoms with Gasteiger partial charge >= 0.3 is 0 Å². The molecule has 13 aromatic rings. The van der Waals surface area contributed by atoms with Crippen molar-refractivity contribution in [3.8, 4) is 84.1 Å². The number of hydrogen-bond acceptors (Lipinski definition) is 4. The second kappa shape index (κ2) is 23.8. The average molecular weight is 1350 g/mol. The van der Waals surface area contributed by atoms with Crippen molar-refractivity contribution in [2.24, 2.45) is 0 Å². The first-order valence-corrected chi connectivity index (χ1v) is 30.9. The molecular weight excluding hydrogens is 1280 g/mol. The van der Waals surface area contributed by atoms with Crippen LogP contribution >= 0.6 is 0 Å². The first-order chi connectivity index (χ1) is 43.0. The summed E-state index contributed by atoms with van der Waals surface area (Å²) in [6.07, 6.45) is 2.05. The van der Waals surface area contributed by atoms with Crippen molar-refractivity contribution in [3.05, 3.63) is 296 Å². The number of nitrogens with zero attached hydrogens (tertiary/aromatic N) is 4. The second-order valence-corrected chi connectivity index (χ2v) is 26.6. The predicted molar refractivity (Wildman–Crippen MR) is 373 cm³/mol. The van der Waals surface area contributed by atoms with Crippen LogP contribution in [0.1, 0.15) is 79.0 Å². The van der Waals surface area contributed by atoms with Crippen molar-refractivity contribution < 1.29 is 25.8 Å². The van der Waals surface area contributed by atoms with E-state index < -0.39 is 0 Å². The molecule has 5 nitrogen and oxygen atoms in total. The Morgan fingerprint density at radius 2 is 0.900 bits per heavy atom. The van der Waals surface area contributed by atoms with E-state index in [1.54, 1.807) is 0 Å². The van der Waals surface area contributed by atoms with Crippen LogP contribution in [0, 0.1) is 18.8 Å². The van der Waals surface area contributed by atoms with E-state index in [4.69, 9.17) is 9.72 Å². The SMILES string of the molecule is CC(C)(C)c1ccc(-c2cccc(-c3cccc(-c4ccccc4)c3)c2N2[CH-]N(c3[c-]c(Oc4[c-]c5c(cc4-c4ccccc4)c4cc(-c6ccccc6)ccc4n5-c4cc(C(C)(C)C)c(-c5ccccc5)cn4)cc(C(C)(C)C)c3)c3ccccc32)cc1.[Pt]. The molecule has 0 saturated carbocycles. The van der Waals surface area contributed by atoms with Crippen molar-refractivity contribution in [1.29, 1.82) is 0 Å². The number of fused-ring (bicyclic) bond motifs is 4. The number of rotatable bonds is 11. The Kier molecular flexibility index (Phi) is 15.7. The minimum Gasteiger partial charge on any atom is -0.509 e. The molecule has 90 heavy (non-hydrogen) atoms. The number of benzene rings is 11. The van der Waals surface area contributed by atoms with E-state index in [9.17, 15) is 0 Å². The number of anilines is 4. The van der Waals surface area contributed by atoms with E-state index in [2.05, 4.69) is 350 Å². The standard InChI is InChI=1S/C84H71N4O.Pt/c1-82(2,3)64-43-40-60(41-44-64)68-36-25-37-69(63-35-24-34-61(46-63)56-26-14-10-15-27-56)81(68)87-55-86(76-38-22-23-39-77(76)87)66-48-65(83(4,5)6)49-67(50-66)89-79-53-78-72(51-70(79)58-30-18-12-19-31-58)71-47-62(57-28-16-11-17-29-57)42-45-75(71)88(78)80-52-74(84(7,8)9)73(54-85-80)59-32-20-13-21-33-59;/h10-49,51-52,54-55H,1-9H3;/q-3;. The molecule has 0 fully saturated rings. The van der Waals surface area contributed by atoms with Crippen LogP contribution in [0.2, 0.25) is 0 Å². The fraction of sp³-hybridized carbons (Fsp3) is 0.143. The number of pyridine rings is 1. The Labute approximate surface area is 545 Å². The molecule has 3 heterocycles. The van der Waals surface area contributed by atoms with Gasteiger partial charge in [0.1, 0.15) is 5.82 Å². The summed E-state index contributed by atoms with van der Waals surface area (Å²) in [5.74, 6) is 1.97. The molecule has 0 unspecified atom stereocenters. The molecule has 2 aromatic heterocycles. The predicted octanol–water partition coefficient (Wildman–Crippen LogP) is 22.9. The maximum atomic E-state index is 7.48. The molecule has 446 valence electrons. The molecule has 1 aliphatic heterocycles. The molecule has 1 aliphatic rings. The molecule has 0 radical (unpaired) electrons. The van der Waals surface area contributed by atoms with Gasteiger partial charge in [0.25, 0.3) is 0 Å². The maximum Gasteiger partial charge on any atom is 0.135 e. The molecular formula is C84H71N4OPt-3. The molecule has 0 saturated heterocycles. The van der Waals surface area contributed by atoms with Gasteiger partial charge < -0.3 is 19.1 Å². The van der Waals surface area contributed by atoms with Crippen molar-refractivity contribution in [2.45, 2.75) is 78.6 Å². The molecule has 0 spiro atoms. The molecule has 0 aliphatic carbocycles. The fourth-order valence-electron chi connectivity index (χ4n) is 12.6. The maximum absolute atomic E-state index is 7.48. The van der Waals surface area contributed by atoms with Crippen molar-refractivity contribution >= 4 is 44.6 Å². The number of aromatic nitrogens is 2. The zero-order valence-electron chi connectivity index (χ0n) is 52.4. The summed E-state index contributed by atoms with van der Waals surface area (Å²) in [5.41, 5.74) is 22.4. The zero-order chi connectivity index (χ0) is 61.2. The summed E-state index contributed by atoms with van der Waals surface area (Å²) < 4.78 is 9.76. The number of ether oxygens (including phenoxy) is 1. The van der Waals surface area contributed by atoms with Gasteiger partial charge in [-0.3, -0.25) is 0 Å². The van der Waals surface area contributed by atoms with Crippen LogP contribution in [0.4, 0.5) is 22.7 Å². The molecule has 0 bridgehead atoms. The zero-order valence-corrected chi connectivity index (χ0v) is 54.7. The minimum atomic E-state index is -0.273. The van der Waals surface area contributed by atoms with Crippen LogP contribution in [-0.2, 0) is 37.3 Å². The Balaban J connectivity index is 0.00000743. The van der Waals surface area contributed by atoms with Crippen LogP contribution < -0.4 is 14.5 Å². The average Bonchev–Trinajstić information content (AvgIpc) is 1.59. The van der Waals surface area contributed by atoms with Crippen LogP contribution in [0.25, 0.3) is 94.4 Å². The van der Waals surface area contributed by atoms with Crippen LogP contribution in [0.15, 0.2) is 261 Å². The van der Waals surface area contributed by atoms with Crippen molar-refractivity contribution in [1.82, 2.24) is 9.55 Å². The minimum absolute atomic E-state index is 0. The molecule has 0 N–H and O–H groups in total. The second-order valence-electron chi connectivity index (χ2n) is 26.6. The van der Waals surface area contributed by atoms with Gasteiger partial charge in [0.05, 0.1) is 0 Å². The van der Waals surface area contributed by atoms with Gasteiger partial charge in [0.15, 0.2) is 0 Å². The molecule has 6 heteroatoms. The van der Waals surface area contributed by atoms with Gasteiger partial charge in [0.2, 0.25) is 0 Å². The van der Waals surface area contributed by atoms with E-state index in [1.165, 1.54) is 16.7 Å². The first kappa shape index (κ1) is 59.4. The smallest absolute Gasteiger partial charge is 0.135 e. The quantitative estimate of drug-likeness (QED) is 0.121. The van der Waals surface area contributed by atoms with Crippen molar-refractivity contribution in [3.63, 3.8) is 0 Å². The third-order valence-electron chi connectivity index (χ3n) is 17.4. The van der Waals surface area contributed by atoms with Gasteiger partial charge in [-0.25, -0.2) is 4.98 Å². The van der Waals surface area contributed by atoms with Gasteiger partial charge in [-0.15, -0.1) is 47.6 Å². The molecule has 14 rings (SSSR count). The van der Waals surface area contributed by atoms with E-state index in [1.807, 2.05) is 6.20 Å². The molecule has 0 atom stereocenters. The first-order valence-electron chi connectivity index (χ1n) is 30.9. The van der Waals surface area contributed by atoms with E-state index in [-0.39, 0.29) is 37.3 Å². The monoisotopic (exact) mass is 1350 g/mol. The van der Waals surface area contributed by atoms with E-state index >= 15 is 0 Å². The summed E-state index contributed by atoms with van der Waals surface area (Å²) >= 11 is 0. The summed E-state index contributed by atoms with van der Waals surface area (Å²) in [6.45, 7) is 22.7. The summed E-state index contributed by atoms with van der Waals surface area (Å²) in [5, 5.41) is 2.14. The third kappa shape index (κ3) is 11.4. The Morgan fingerprint density at radius 3 is 1.51 bits per heavy atom. The third-order valence-corrected chi connectivity index (χ3v) is 17.4. The van der Waals surface area contributed by atoms with Crippen LogP contribution in [0.3, 0.4) is 0 Å². The van der Waals surface area contributed by atoms with E-state index in [0.717, 1.165) is 117 Å². The Hall–Kier alpha value is -9.54. The summed E-state index contributed by atoms with van der Waals surface area (Å²) in [6, 6.07) is 99.6. The Morgan fingerprint density at radius 1 is 0.389 bits per heavy atom. The fourth-order valence-corrected chi connectivity index (χ4v) is 12.6. The Bertz CT molecular complexity index is 4760. The van der Waals surface area contributed by atoms with Crippen LogP contribution in [0.5, 0.6) is 11.5 Å². The van der Waals surface area contributed by atoms with Gasteiger partial charge in [-0.05, 0) is 102 Å². The summed E-state index contributed by atoms with van der Waals surface area (Å²) in [7, 11) is 0. The van der Waals surface area contributed by atoms with Gasteiger partial charge in [0, 0.05) is 78.0 Å².